The van der Waals surface area contributed by atoms with Crippen LogP contribution in [-0.2, 0) is 21.2 Å². The number of hydrogen-bond donors (Lipinski definition) is 3. The molecule has 2 rings (SSSR count). The lowest BCUT2D eigenvalue weighted by Gasteiger charge is -2.19. The number of rotatable bonds is 11. The van der Waals surface area contributed by atoms with E-state index in [-0.39, 0.29) is 36.4 Å². The van der Waals surface area contributed by atoms with Crippen LogP contribution in [0.3, 0.4) is 0 Å². The molecule has 0 saturated carbocycles. The molecule has 0 aliphatic rings. The standard InChI is InChI=1S/C22H34N6O4S/c1-14(2)11-18(13-29)23-21-24-20(25-22(26-21)27-33(6,31)32)12-15(3)17-7-9-19(10-8-17)28(5)16(4)30/h7-10,14-15,18,29H,11-13H2,1-6H3,(H2,23,24,25,26,27). The Balaban J connectivity index is 2.27. The number of aliphatic hydroxyl groups excluding tert-OH is 1. The fraction of sp³-hybridized carbons (Fsp3) is 0.545. The molecule has 3 N–H and O–H groups in total. The number of nitrogens with zero attached hydrogens (tertiary/aromatic N) is 4. The molecule has 1 amide bonds. The number of anilines is 3. The van der Waals surface area contributed by atoms with Crippen LogP contribution in [-0.4, -0.2) is 60.3 Å². The van der Waals surface area contributed by atoms with E-state index in [4.69, 9.17) is 0 Å². The molecule has 1 heterocycles. The molecular formula is C22H34N6O4S. The minimum absolute atomic E-state index is 0.0207. The van der Waals surface area contributed by atoms with Crippen molar-refractivity contribution in [3.8, 4) is 0 Å². The summed E-state index contributed by atoms with van der Waals surface area (Å²) in [6.45, 7) is 7.50. The van der Waals surface area contributed by atoms with Crippen molar-refractivity contribution < 1.29 is 18.3 Å². The van der Waals surface area contributed by atoms with Crippen molar-refractivity contribution in [1.82, 2.24) is 15.0 Å². The number of nitrogens with one attached hydrogen (secondary N) is 2. The Morgan fingerprint density at radius 3 is 2.21 bits per heavy atom. The highest BCUT2D eigenvalue weighted by Gasteiger charge is 2.17. The van der Waals surface area contributed by atoms with Crippen LogP contribution in [0.25, 0.3) is 0 Å². The summed E-state index contributed by atoms with van der Waals surface area (Å²) in [5.74, 6) is 0.859. The molecule has 0 bridgehead atoms. The van der Waals surface area contributed by atoms with Gasteiger partial charge in [0.25, 0.3) is 0 Å². The molecule has 0 fully saturated rings. The predicted molar refractivity (Wildman–Crippen MR) is 130 cm³/mol. The summed E-state index contributed by atoms with van der Waals surface area (Å²) in [5, 5.41) is 12.8. The number of benzene rings is 1. The first kappa shape index (κ1) is 26.5. The van der Waals surface area contributed by atoms with Gasteiger partial charge in [0.1, 0.15) is 5.82 Å². The monoisotopic (exact) mass is 478 g/mol. The van der Waals surface area contributed by atoms with Crippen molar-refractivity contribution >= 4 is 33.5 Å². The second-order valence-electron chi connectivity index (χ2n) is 8.70. The van der Waals surface area contributed by atoms with E-state index in [1.165, 1.54) is 6.92 Å². The molecule has 2 atom stereocenters. The molecule has 1 aromatic heterocycles. The fourth-order valence-electron chi connectivity index (χ4n) is 3.32. The van der Waals surface area contributed by atoms with E-state index in [0.717, 1.165) is 17.5 Å². The number of amides is 1. The van der Waals surface area contributed by atoms with Crippen LogP contribution in [0.15, 0.2) is 24.3 Å². The smallest absolute Gasteiger partial charge is 0.241 e. The van der Waals surface area contributed by atoms with Gasteiger partial charge in [-0.3, -0.25) is 9.52 Å². The zero-order chi connectivity index (χ0) is 24.8. The van der Waals surface area contributed by atoms with Gasteiger partial charge < -0.3 is 15.3 Å². The predicted octanol–water partition coefficient (Wildman–Crippen LogP) is 2.39. The van der Waals surface area contributed by atoms with E-state index in [2.05, 4.69) is 25.0 Å². The molecule has 0 spiro atoms. The summed E-state index contributed by atoms with van der Waals surface area (Å²) in [7, 11) is -1.86. The van der Waals surface area contributed by atoms with Crippen molar-refractivity contribution in [2.45, 2.75) is 52.5 Å². The third-order valence-corrected chi connectivity index (χ3v) is 5.63. The van der Waals surface area contributed by atoms with Crippen LogP contribution in [0.1, 0.15) is 51.4 Å². The number of sulfonamides is 1. The lowest BCUT2D eigenvalue weighted by Crippen LogP contribution is -2.27. The van der Waals surface area contributed by atoms with Gasteiger partial charge in [-0.05, 0) is 36.0 Å². The highest BCUT2D eigenvalue weighted by Crippen LogP contribution is 2.23. The first-order valence-corrected chi connectivity index (χ1v) is 12.7. The van der Waals surface area contributed by atoms with Crippen molar-refractivity contribution in [2.24, 2.45) is 5.92 Å². The highest BCUT2D eigenvalue weighted by atomic mass is 32.2. The van der Waals surface area contributed by atoms with Crippen molar-refractivity contribution in [1.29, 1.82) is 0 Å². The molecule has 2 unspecified atom stereocenters. The average molecular weight is 479 g/mol. The first-order chi connectivity index (χ1) is 15.4. The maximum atomic E-state index is 11.7. The van der Waals surface area contributed by atoms with Gasteiger partial charge in [-0.15, -0.1) is 0 Å². The summed E-state index contributed by atoms with van der Waals surface area (Å²) in [6, 6.07) is 7.37. The molecular weight excluding hydrogens is 444 g/mol. The van der Waals surface area contributed by atoms with E-state index < -0.39 is 10.0 Å². The molecule has 10 nitrogen and oxygen atoms in total. The first-order valence-electron chi connectivity index (χ1n) is 10.8. The minimum Gasteiger partial charge on any atom is -0.394 e. The number of carbonyl (C=O) groups excluding carboxylic acids is 1. The van der Waals surface area contributed by atoms with Gasteiger partial charge in [0, 0.05) is 26.1 Å². The molecule has 0 saturated heterocycles. The Kier molecular flexibility index (Phi) is 9.12. The molecule has 1 aromatic carbocycles. The highest BCUT2D eigenvalue weighted by molar-refractivity contribution is 7.91. The maximum Gasteiger partial charge on any atom is 0.241 e. The fourth-order valence-corrected chi connectivity index (χ4v) is 3.74. The number of hydrogen-bond acceptors (Lipinski definition) is 8. The van der Waals surface area contributed by atoms with Gasteiger partial charge >= 0.3 is 0 Å². The summed E-state index contributed by atoms with van der Waals surface area (Å²) in [5.41, 5.74) is 1.82. The second kappa shape index (κ2) is 11.4. The quantitative estimate of drug-likeness (QED) is 0.448. The minimum atomic E-state index is -3.58. The van der Waals surface area contributed by atoms with Crippen molar-refractivity contribution in [3.63, 3.8) is 0 Å². The van der Waals surface area contributed by atoms with Crippen molar-refractivity contribution in [3.05, 3.63) is 35.7 Å². The molecule has 0 aliphatic heterocycles. The summed E-state index contributed by atoms with van der Waals surface area (Å²) < 4.78 is 25.8. The van der Waals surface area contributed by atoms with Gasteiger partial charge in [0.05, 0.1) is 18.9 Å². The van der Waals surface area contributed by atoms with Gasteiger partial charge in [-0.25, -0.2) is 8.42 Å². The second-order valence-corrected chi connectivity index (χ2v) is 10.4. The van der Waals surface area contributed by atoms with Crippen LogP contribution in [0.2, 0.25) is 0 Å². The van der Waals surface area contributed by atoms with Crippen LogP contribution in [0.4, 0.5) is 17.6 Å². The lowest BCUT2D eigenvalue weighted by atomic mass is 9.97. The SMILES string of the molecule is CC(=O)N(C)c1ccc(C(C)Cc2nc(NC(CO)CC(C)C)nc(NS(C)(=O)=O)n2)cc1. The summed E-state index contributed by atoms with van der Waals surface area (Å²) in [6.07, 6.45) is 2.16. The summed E-state index contributed by atoms with van der Waals surface area (Å²) >= 11 is 0. The van der Waals surface area contributed by atoms with Crippen LogP contribution in [0.5, 0.6) is 0 Å². The zero-order valence-corrected chi connectivity index (χ0v) is 20.8. The van der Waals surface area contributed by atoms with Gasteiger partial charge in [0.15, 0.2) is 0 Å². The molecule has 2 aromatic rings. The molecule has 0 aliphatic carbocycles. The lowest BCUT2D eigenvalue weighted by molar-refractivity contribution is -0.116. The topological polar surface area (TPSA) is 137 Å². The van der Waals surface area contributed by atoms with Crippen LogP contribution >= 0.6 is 0 Å². The van der Waals surface area contributed by atoms with E-state index in [1.807, 2.05) is 45.0 Å². The molecule has 182 valence electrons. The molecule has 11 heteroatoms. The molecule has 33 heavy (non-hydrogen) atoms. The average Bonchev–Trinajstić information content (AvgIpc) is 2.70. The van der Waals surface area contributed by atoms with Crippen LogP contribution in [0, 0.1) is 5.92 Å². The Morgan fingerprint density at radius 1 is 1.09 bits per heavy atom. The Bertz CT molecular complexity index is 1040. The van der Waals surface area contributed by atoms with E-state index in [9.17, 15) is 18.3 Å². The third-order valence-electron chi connectivity index (χ3n) is 5.08. The Morgan fingerprint density at radius 2 is 1.70 bits per heavy atom. The molecule has 0 radical (unpaired) electrons. The number of aromatic nitrogens is 3. The number of carbonyl (C=O) groups is 1. The maximum absolute atomic E-state index is 11.7. The van der Waals surface area contributed by atoms with Gasteiger partial charge in [0.2, 0.25) is 27.8 Å². The van der Waals surface area contributed by atoms with Crippen LogP contribution < -0.4 is 14.9 Å². The summed E-state index contributed by atoms with van der Waals surface area (Å²) in [4.78, 5) is 26.0. The normalized spacial score (nSPS) is 13.5. The van der Waals surface area contributed by atoms with E-state index in [0.29, 0.717) is 24.6 Å². The Hall–Kier alpha value is -2.79. The van der Waals surface area contributed by atoms with Crippen molar-refractivity contribution in [2.75, 3.05) is 34.8 Å². The number of aliphatic hydroxyl groups is 1. The van der Waals surface area contributed by atoms with Gasteiger partial charge in [-0.1, -0.05) is 32.9 Å². The zero-order valence-electron chi connectivity index (χ0n) is 20.0. The third kappa shape index (κ3) is 8.58. The van der Waals surface area contributed by atoms with Gasteiger partial charge in [-0.2, -0.15) is 15.0 Å². The van der Waals surface area contributed by atoms with E-state index >= 15 is 0 Å². The largest absolute Gasteiger partial charge is 0.394 e. The Labute approximate surface area is 195 Å². The van der Waals surface area contributed by atoms with E-state index in [1.54, 1.807) is 11.9 Å².